The fourth-order valence-electron chi connectivity index (χ4n) is 3.25. The van der Waals surface area contributed by atoms with E-state index in [2.05, 4.69) is 10.0 Å². The maximum Gasteiger partial charge on any atom is 0.255 e. The topological polar surface area (TPSA) is 93.7 Å². The molecule has 1 aliphatic rings. The van der Waals surface area contributed by atoms with Crippen LogP contribution in [-0.2, 0) is 16.4 Å². The normalized spacial score (nSPS) is 12.6. The van der Waals surface area contributed by atoms with Crippen molar-refractivity contribution >= 4 is 21.6 Å². The summed E-state index contributed by atoms with van der Waals surface area (Å²) in [4.78, 5) is 12.8. The quantitative estimate of drug-likeness (QED) is 0.566. The number of nitrogens with one attached hydrogen (secondary N) is 2. The Labute approximate surface area is 185 Å². The zero-order chi connectivity index (χ0) is 22.7. The third kappa shape index (κ3) is 4.90. The number of carbonyl (C=O) groups is 1. The summed E-state index contributed by atoms with van der Waals surface area (Å²) in [6, 6.07) is 15.3. The number of hydrogen-bond acceptors (Lipinski definition) is 5. The SMILES string of the molecule is Cc1ccc(S(=O)(=O)NCCc2ccc(F)cc2)cc1C(=O)Nc1ccc2c(c1)OCO2. The number of fused-ring (bicyclic) bond motifs is 1. The molecule has 1 heterocycles. The third-order valence-corrected chi connectivity index (χ3v) is 6.47. The van der Waals surface area contributed by atoms with Crippen molar-refractivity contribution in [1.82, 2.24) is 4.72 Å². The first-order valence-electron chi connectivity index (χ1n) is 9.87. The summed E-state index contributed by atoms with van der Waals surface area (Å²) in [7, 11) is -3.83. The molecule has 32 heavy (non-hydrogen) atoms. The Morgan fingerprint density at radius 2 is 1.75 bits per heavy atom. The van der Waals surface area contributed by atoms with Gasteiger partial charge in [-0.2, -0.15) is 0 Å². The highest BCUT2D eigenvalue weighted by Gasteiger charge is 2.19. The number of rotatable bonds is 7. The molecule has 0 bridgehead atoms. The summed E-state index contributed by atoms with van der Waals surface area (Å²) < 4.78 is 51.5. The van der Waals surface area contributed by atoms with Crippen molar-refractivity contribution in [2.45, 2.75) is 18.2 Å². The molecule has 166 valence electrons. The summed E-state index contributed by atoms with van der Waals surface area (Å²) in [5.41, 5.74) is 2.18. The number of ether oxygens (including phenoxy) is 2. The maximum atomic E-state index is 13.0. The molecule has 1 amide bonds. The molecular formula is C23H21FN2O5S. The number of aryl methyl sites for hydroxylation is 1. The van der Waals surface area contributed by atoms with Crippen molar-refractivity contribution in [2.24, 2.45) is 0 Å². The van der Waals surface area contributed by atoms with Crippen LogP contribution < -0.4 is 19.5 Å². The van der Waals surface area contributed by atoms with Gasteiger partial charge in [-0.15, -0.1) is 0 Å². The average molecular weight is 456 g/mol. The van der Waals surface area contributed by atoms with Crippen LogP contribution in [0, 0.1) is 12.7 Å². The second kappa shape index (κ2) is 8.97. The van der Waals surface area contributed by atoms with E-state index in [1.807, 2.05) is 0 Å². The number of anilines is 1. The van der Waals surface area contributed by atoms with Crippen LogP contribution in [0.25, 0.3) is 0 Å². The minimum Gasteiger partial charge on any atom is -0.454 e. The highest BCUT2D eigenvalue weighted by atomic mass is 32.2. The summed E-state index contributed by atoms with van der Waals surface area (Å²) in [5, 5.41) is 2.76. The first-order chi connectivity index (χ1) is 15.3. The Morgan fingerprint density at radius 3 is 2.53 bits per heavy atom. The Balaban J connectivity index is 1.46. The summed E-state index contributed by atoms with van der Waals surface area (Å²) in [6.07, 6.45) is 0.406. The van der Waals surface area contributed by atoms with E-state index in [4.69, 9.17) is 9.47 Å². The van der Waals surface area contributed by atoms with Gasteiger partial charge in [0.25, 0.3) is 5.91 Å². The van der Waals surface area contributed by atoms with Crippen molar-refractivity contribution in [3.63, 3.8) is 0 Å². The van der Waals surface area contributed by atoms with Gasteiger partial charge in [0.05, 0.1) is 4.90 Å². The van der Waals surface area contributed by atoms with E-state index in [9.17, 15) is 17.6 Å². The van der Waals surface area contributed by atoms with E-state index in [0.717, 1.165) is 5.56 Å². The van der Waals surface area contributed by atoms with Gasteiger partial charge in [-0.25, -0.2) is 17.5 Å². The number of hydrogen-bond donors (Lipinski definition) is 2. The van der Waals surface area contributed by atoms with E-state index in [1.54, 1.807) is 43.3 Å². The molecule has 4 rings (SSSR count). The molecule has 0 saturated heterocycles. The Bertz CT molecular complexity index is 1260. The molecule has 0 spiro atoms. The van der Waals surface area contributed by atoms with E-state index >= 15 is 0 Å². The molecule has 7 nitrogen and oxygen atoms in total. The standard InChI is InChI=1S/C23H21FN2O5S/c1-15-2-8-19(32(28,29)25-11-10-16-3-5-17(24)6-4-16)13-20(15)23(27)26-18-7-9-21-22(12-18)31-14-30-21/h2-9,12-13,25H,10-11,14H2,1H3,(H,26,27). The van der Waals surface area contributed by atoms with Crippen molar-refractivity contribution < 1.29 is 27.1 Å². The molecule has 3 aromatic rings. The van der Waals surface area contributed by atoms with Gasteiger partial charge in [0.2, 0.25) is 16.8 Å². The number of carbonyl (C=O) groups excluding carboxylic acids is 1. The van der Waals surface area contributed by atoms with Crippen molar-refractivity contribution in [2.75, 3.05) is 18.7 Å². The molecule has 3 aromatic carbocycles. The predicted molar refractivity (Wildman–Crippen MR) is 117 cm³/mol. The molecule has 0 radical (unpaired) electrons. The first kappa shape index (κ1) is 21.8. The summed E-state index contributed by atoms with van der Waals surface area (Å²) in [6.45, 7) is 1.99. The van der Waals surface area contributed by atoms with Crippen LogP contribution >= 0.6 is 0 Å². The monoisotopic (exact) mass is 456 g/mol. The van der Waals surface area contributed by atoms with Gasteiger partial charge in [0, 0.05) is 23.9 Å². The second-order valence-corrected chi connectivity index (χ2v) is 9.04. The highest BCUT2D eigenvalue weighted by Crippen LogP contribution is 2.34. The van der Waals surface area contributed by atoms with E-state index in [1.165, 1.54) is 24.3 Å². The summed E-state index contributed by atoms with van der Waals surface area (Å²) >= 11 is 0. The number of halogens is 1. The minimum atomic E-state index is -3.83. The lowest BCUT2D eigenvalue weighted by Gasteiger charge is -2.12. The lowest BCUT2D eigenvalue weighted by Crippen LogP contribution is -2.26. The van der Waals surface area contributed by atoms with Gasteiger partial charge in [-0.3, -0.25) is 4.79 Å². The molecule has 0 aliphatic carbocycles. The Kier molecular flexibility index (Phi) is 6.11. The van der Waals surface area contributed by atoms with Gasteiger partial charge in [0.15, 0.2) is 11.5 Å². The zero-order valence-electron chi connectivity index (χ0n) is 17.2. The van der Waals surface area contributed by atoms with E-state index in [0.29, 0.717) is 29.2 Å². The number of amides is 1. The van der Waals surface area contributed by atoms with Crippen LogP contribution in [0.15, 0.2) is 65.6 Å². The molecule has 0 aromatic heterocycles. The number of sulfonamides is 1. The molecule has 1 aliphatic heterocycles. The molecular weight excluding hydrogens is 435 g/mol. The Morgan fingerprint density at radius 1 is 1.00 bits per heavy atom. The minimum absolute atomic E-state index is 0.0157. The molecule has 2 N–H and O–H groups in total. The molecule has 0 fully saturated rings. The van der Waals surface area contributed by atoms with Gasteiger partial charge in [0.1, 0.15) is 5.82 Å². The van der Waals surface area contributed by atoms with E-state index in [-0.39, 0.29) is 29.6 Å². The lowest BCUT2D eigenvalue weighted by molar-refractivity contribution is 0.102. The van der Waals surface area contributed by atoms with Crippen LogP contribution in [0.3, 0.4) is 0 Å². The maximum absolute atomic E-state index is 13.0. The smallest absolute Gasteiger partial charge is 0.255 e. The fourth-order valence-corrected chi connectivity index (χ4v) is 4.31. The molecule has 0 saturated carbocycles. The van der Waals surface area contributed by atoms with Gasteiger partial charge < -0.3 is 14.8 Å². The van der Waals surface area contributed by atoms with Crippen LogP contribution in [-0.4, -0.2) is 27.7 Å². The second-order valence-electron chi connectivity index (χ2n) is 7.27. The largest absolute Gasteiger partial charge is 0.454 e. The third-order valence-electron chi connectivity index (χ3n) is 5.01. The molecule has 0 atom stereocenters. The van der Waals surface area contributed by atoms with Gasteiger partial charge >= 0.3 is 0 Å². The van der Waals surface area contributed by atoms with Gasteiger partial charge in [-0.05, 0) is 60.9 Å². The van der Waals surface area contributed by atoms with Crippen molar-refractivity contribution in [3.05, 3.63) is 83.2 Å². The number of benzene rings is 3. The van der Waals surface area contributed by atoms with Crippen LogP contribution in [0.4, 0.5) is 10.1 Å². The zero-order valence-corrected chi connectivity index (χ0v) is 18.0. The van der Waals surface area contributed by atoms with Crippen molar-refractivity contribution in [1.29, 1.82) is 0 Å². The van der Waals surface area contributed by atoms with E-state index < -0.39 is 15.9 Å². The Hall–Kier alpha value is -3.43. The van der Waals surface area contributed by atoms with Crippen LogP contribution in [0.5, 0.6) is 11.5 Å². The average Bonchev–Trinajstić information content (AvgIpc) is 3.23. The van der Waals surface area contributed by atoms with Crippen molar-refractivity contribution in [3.8, 4) is 11.5 Å². The lowest BCUT2D eigenvalue weighted by atomic mass is 10.1. The highest BCUT2D eigenvalue weighted by molar-refractivity contribution is 7.89. The fraction of sp³-hybridized carbons (Fsp3) is 0.174. The first-order valence-corrected chi connectivity index (χ1v) is 11.4. The molecule has 9 heteroatoms. The molecule has 0 unspecified atom stereocenters. The predicted octanol–water partition coefficient (Wildman–Crippen LogP) is 3.64. The van der Waals surface area contributed by atoms with Crippen LogP contribution in [0.1, 0.15) is 21.5 Å². The van der Waals surface area contributed by atoms with Gasteiger partial charge in [-0.1, -0.05) is 18.2 Å². The summed E-state index contributed by atoms with van der Waals surface area (Å²) in [5.74, 6) is 0.338. The van der Waals surface area contributed by atoms with Crippen LogP contribution in [0.2, 0.25) is 0 Å².